The molecule has 0 radical (unpaired) electrons. The number of thioether (sulfide) groups is 1. The van der Waals surface area contributed by atoms with Crippen molar-refractivity contribution in [3.05, 3.63) is 124 Å². The van der Waals surface area contributed by atoms with Crippen LogP contribution in [-0.2, 0) is 11.3 Å². The predicted octanol–water partition coefficient (Wildman–Crippen LogP) is 7.22. The van der Waals surface area contributed by atoms with E-state index in [2.05, 4.69) is 50.4 Å². The fourth-order valence-corrected chi connectivity index (χ4v) is 4.73. The summed E-state index contributed by atoms with van der Waals surface area (Å²) in [5.74, 6) is 0.549. The average Bonchev–Trinajstić information content (AvgIpc) is 3.51. The minimum atomic E-state index is -0.129. The second-order valence-electron chi connectivity index (χ2n) is 7.75. The van der Waals surface area contributed by atoms with Gasteiger partial charge in [-0.1, -0.05) is 82.7 Å². The van der Waals surface area contributed by atoms with Gasteiger partial charge < -0.3 is 4.42 Å². The molecule has 172 valence electrons. The number of nitrogens with zero attached hydrogens (tertiary/aromatic N) is 3. The highest BCUT2D eigenvalue weighted by molar-refractivity contribution is 9.10. The van der Waals surface area contributed by atoms with E-state index in [9.17, 15) is 4.79 Å². The monoisotopic (exact) mass is 541 g/mol. The Bertz CT molecular complexity index is 1400. The molecule has 5 nitrogen and oxygen atoms in total. The Morgan fingerprint density at radius 2 is 1.57 bits per heavy atom. The third kappa shape index (κ3) is 5.70. The molecule has 0 aliphatic carbocycles. The molecule has 2 heterocycles. The van der Waals surface area contributed by atoms with Gasteiger partial charge in [-0.05, 0) is 64.4 Å². The average molecular weight is 542 g/mol. The molecule has 1 aliphatic rings. The molecule has 1 amide bonds. The van der Waals surface area contributed by atoms with Crippen LogP contribution >= 0.6 is 27.7 Å². The lowest BCUT2D eigenvalue weighted by molar-refractivity contribution is -0.122. The molecule has 3 aromatic carbocycles. The summed E-state index contributed by atoms with van der Waals surface area (Å²) in [5, 5.41) is 9.17. The molecule has 1 saturated heterocycles. The van der Waals surface area contributed by atoms with Gasteiger partial charge in [0.1, 0.15) is 5.76 Å². The highest BCUT2D eigenvalue weighted by Gasteiger charge is 2.34. The molecular weight excluding hydrogens is 522 g/mol. The molecule has 0 saturated carbocycles. The van der Waals surface area contributed by atoms with Crippen molar-refractivity contribution in [2.75, 3.05) is 0 Å². The lowest BCUT2D eigenvalue weighted by Gasteiger charge is -2.12. The van der Waals surface area contributed by atoms with E-state index < -0.39 is 0 Å². The van der Waals surface area contributed by atoms with E-state index in [0.717, 1.165) is 26.7 Å². The van der Waals surface area contributed by atoms with Gasteiger partial charge in [-0.15, -0.1) is 5.10 Å². The summed E-state index contributed by atoms with van der Waals surface area (Å²) >= 11 is 4.74. The van der Waals surface area contributed by atoms with Gasteiger partial charge in [0.25, 0.3) is 5.91 Å². The Morgan fingerprint density at radius 3 is 2.29 bits per heavy atom. The highest BCUT2D eigenvalue weighted by Crippen LogP contribution is 2.34. The second-order valence-corrected chi connectivity index (χ2v) is 9.67. The van der Waals surface area contributed by atoms with Gasteiger partial charge >= 0.3 is 0 Å². The van der Waals surface area contributed by atoms with Crippen LogP contribution in [0.25, 0.3) is 17.2 Å². The molecule has 0 atom stereocenters. The zero-order chi connectivity index (χ0) is 24.0. The molecule has 5 rings (SSSR count). The maximum Gasteiger partial charge on any atom is 0.267 e. The largest absolute Gasteiger partial charge is 0.467 e. The van der Waals surface area contributed by atoms with Crippen molar-refractivity contribution in [3.8, 4) is 11.1 Å². The number of benzene rings is 3. The van der Waals surface area contributed by atoms with Crippen molar-refractivity contribution in [1.29, 1.82) is 0 Å². The van der Waals surface area contributed by atoms with Crippen LogP contribution in [0.5, 0.6) is 0 Å². The molecule has 0 spiro atoms. The van der Waals surface area contributed by atoms with Gasteiger partial charge in [-0.3, -0.25) is 9.69 Å². The van der Waals surface area contributed by atoms with Crippen molar-refractivity contribution in [1.82, 2.24) is 4.90 Å². The number of halogens is 1. The van der Waals surface area contributed by atoms with Crippen LogP contribution in [0.4, 0.5) is 0 Å². The highest BCUT2D eigenvalue weighted by atomic mass is 79.9. The molecular formula is C28H20BrN3O2S. The summed E-state index contributed by atoms with van der Waals surface area (Å²) < 4.78 is 6.44. The number of hydrogen-bond donors (Lipinski definition) is 0. The maximum absolute atomic E-state index is 13.2. The Balaban J connectivity index is 1.37. The Kier molecular flexibility index (Phi) is 7.07. The van der Waals surface area contributed by atoms with Crippen LogP contribution in [0.15, 0.2) is 121 Å². The van der Waals surface area contributed by atoms with E-state index in [1.54, 1.807) is 23.4 Å². The van der Waals surface area contributed by atoms with Gasteiger partial charge in [-0.25, -0.2) is 0 Å². The first-order chi connectivity index (χ1) is 17.2. The fraction of sp³-hybridized carbons (Fsp3) is 0.0357. The van der Waals surface area contributed by atoms with Crippen molar-refractivity contribution in [3.63, 3.8) is 0 Å². The molecule has 7 heteroatoms. The first kappa shape index (κ1) is 23.1. The quantitative estimate of drug-likeness (QED) is 0.147. The van der Waals surface area contributed by atoms with Crippen LogP contribution in [0.2, 0.25) is 0 Å². The fourth-order valence-electron chi connectivity index (χ4n) is 3.53. The van der Waals surface area contributed by atoms with Crippen LogP contribution in [-0.4, -0.2) is 22.2 Å². The van der Waals surface area contributed by atoms with Crippen LogP contribution < -0.4 is 0 Å². The number of carbonyl (C=O) groups excluding carboxylic acids is 1. The van der Waals surface area contributed by atoms with Gasteiger partial charge in [0.05, 0.1) is 23.9 Å². The number of amides is 1. The van der Waals surface area contributed by atoms with Crippen molar-refractivity contribution >= 4 is 51.1 Å². The van der Waals surface area contributed by atoms with E-state index in [1.165, 1.54) is 11.8 Å². The van der Waals surface area contributed by atoms with E-state index in [1.807, 2.05) is 66.7 Å². The number of furan rings is 1. The molecule has 0 bridgehead atoms. The lowest BCUT2D eigenvalue weighted by Crippen LogP contribution is -2.28. The number of carbonyl (C=O) groups is 1. The molecule has 1 aliphatic heterocycles. The summed E-state index contributed by atoms with van der Waals surface area (Å²) in [6.07, 6.45) is 5.15. The first-order valence-corrected chi connectivity index (χ1v) is 12.5. The van der Waals surface area contributed by atoms with Crippen LogP contribution in [0.3, 0.4) is 0 Å². The molecule has 1 aromatic heterocycles. The summed E-state index contributed by atoms with van der Waals surface area (Å²) in [6, 6.07) is 29.7. The third-order valence-corrected chi connectivity index (χ3v) is 6.84. The summed E-state index contributed by atoms with van der Waals surface area (Å²) in [7, 11) is 0. The smallest absolute Gasteiger partial charge is 0.267 e. The van der Waals surface area contributed by atoms with Gasteiger partial charge in [0.2, 0.25) is 0 Å². The number of rotatable bonds is 6. The standard InChI is InChI=1S/C28H20BrN3O2S/c29-24-14-10-20(11-15-24)17-26-27(33)32(19-25-7-4-16-34-25)28(35-26)31-30-18-21-8-12-23(13-9-21)22-5-2-1-3-6-22/h1-18H,19H2/b26-17-,30-18-,31-28+. The molecule has 0 unspecified atom stereocenters. The van der Waals surface area contributed by atoms with Gasteiger partial charge in [0.15, 0.2) is 5.17 Å². The third-order valence-electron chi connectivity index (χ3n) is 5.32. The topological polar surface area (TPSA) is 58.2 Å². The Morgan fingerprint density at radius 1 is 0.857 bits per heavy atom. The molecule has 1 fully saturated rings. The predicted molar refractivity (Wildman–Crippen MR) is 146 cm³/mol. The maximum atomic E-state index is 13.2. The Hall–Kier alpha value is -3.68. The summed E-state index contributed by atoms with van der Waals surface area (Å²) in [5.41, 5.74) is 4.16. The van der Waals surface area contributed by atoms with E-state index in [4.69, 9.17) is 4.42 Å². The molecule has 4 aromatic rings. The van der Waals surface area contributed by atoms with Crippen LogP contribution in [0, 0.1) is 0 Å². The van der Waals surface area contributed by atoms with E-state index in [-0.39, 0.29) is 12.5 Å². The summed E-state index contributed by atoms with van der Waals surface area (Å²) in [6.45, 7) is 0.288. The zero-order valence-corrected chi connectivity index (χ0v) is 20.9. The zero-order valence-electron chi connectivity index (χ0n) is 18.5. The van der Waals surface area contributed by atoms with Crippen LogP contribution in [0.1, 0.15) is 16.9 Å². The van der Waals surface area contributed by atoms with Gasteiger partial charge in [-0.2, -0.15) is 5.10 Å². The second kappa shape index (κ2) is 10.7. The minimum absolute atomic E-state index is 0.129. The van der Waals surface area contributed by atoms with E-state index >= 15 is 0 Å². The normalized spacial score (nSPS) is 16.1. The molecule has 35 heavy (non-hydrogen) atoms. The molecule has 0 N–H and O–H groups in total. The number of hydrogen-bond acceptors (Lipinski definition) is 5. The van der Waals surface area contributed by atoms with Crippen molar-refractivity contribution in [2.45, 2.75) is 6.54 Å². The van der Waals surface area contributed by atoms with E-state index in [0.29, 0.717) is 15.8 Å². The lowest BCUT2D eigenvalue weighted by atomic mass is 10.0. The first-order valence-electron chi connectivity index (χ1n) is 10.9. The summed E-state index contributed by atoms with van der Waals surface area (Å²) in [4.78, 5) is 15.3. The van der Waals surface area contributed by atoms with Gasteiger partial charge in [0, 0.05) is 4.47 Å². The minimum Gasteiger partial charge on any atom is -0.467 e. The SMILES string of the molecule is O=C1/C(=C/c2ccc(Br)cc2)S/C(=N/N=C\c2ccc(-c3ccccc3)cc2)N1Cc1ccco1. The van der Waals surface area contributed by atoms with Crippen molar-refractivity contribution in [2.24, 2.45) is 10.2 Å². The van der Waals surface area contributed by atoms with Crippen molar-refractivity contribution < 1.29 is 9.21 Å². The number of amidine groups is 1. The Labute approximate surface area is 216 Å².